The fourth-order valence-corrected chi connectivity index (χ4v) is 2.81. The number of aryl methyl sites for hydroxylation is 1. The molecule has 0 spiro atoms. The summed E-state index contributed by atoms with van der Waals surface area (Å²) in [6.45, 7) is 4.42. The number of hydrogen-bond donors (Lipinski definition) is 0. The van der Waals surface area contributed by atoms with E-state index < -0.39 is 0 Å². The van der Waals surface area contributed by atoms with E-state index in [1.54, 1.807) is 0 Å². The molecular weight excluding hydrogens is 254 g/mol. The van der Waals surface area contributed by atoms with Gasteiger partial charge in [-0.25, -0.2) is 0 Å². The summed E-state index contributed by atoms with van der Waals surface area (Å²) in [4.78, 5) is 2.50. The molecule has 0 radical (unpaired) electrons. The minimum absolute atomic E-state index is 0.218. The molecule has 0 bridgehead atoms. The molecule has 0 amide bonds. The fourth-order valence-electron chi connectivity index (χ4n) is 2.81. The first-order valence-corrected chi connectivity index (χ1v) is 7.70. The molecule has 1 heteroatoms. The van der Waals surface area contributed by atoms with Gasteiger partial charge in [0.1, 0.15) is 0 Å². The van der Waals surface area contributed by atoms with E-state index in [0.717, 1.165) is 18.7 Å². The zero-order valence-electron chi connectivity index (χ0n) is 12.5. The zero-order valence-corrected chi connectivity index (χ0v) is 12.5. The lowest BCUT2D eigenvalue weighted by atomic mass is 10.1. The van der Waals surface area contributed by atoms with Crippen LogP contribution in [0.5, 0.6) is 0 Å². The predicted molar refractivity (Wildman–Crippen MR) is 88.0 cm³/mol. The molecule has 0 aliphatic carbocycles. The first-order chi connectivity index (χ1) is 10.3. The van der Waals surface area contributed by atoms with Crippen LogP contribution in [0.15, 0.2) is 54.6 Å². The van der Waals surface area contributed by atoms with E-state index in [-0.39, 0.29) is 6.04 Å². The molecule has 1 fully saturated rings. The third-order valence-corrected chi connectivity index (χ3v) is 4.03. The normalized spacial score (nSPS) is 16.2. The number of nitrogens with zero attached hydrogens (tertiary/aromatic N) is 1. The molecule has 0 N–H and O–H groups in total. The van der Waals surface area contributed by atoms with Gasteiger partial charge in [-0.2, -0.15) is 0 Å². The number of likely N-dealkylation sites (tertiary alicyclic amines) is 1. The molecule has 106 valence electrons. The molecule has 1 aliphatic heterocycles. The summed E-state index contributed by atoms with van der Waals surface area (Å²) in [5, 5.41) is 0. The molecule has 1 aliphatic rings. The van der Waals surface area contributed by atoms with E-state index in [2.05, 4.69) is 78.3 Å². The Balaban J connectivity index is 1.87. The van der Waals surface area contributed by atoms with Gasteiger partial charge in [0.2, 0.25) is 0 Å². The van der Waals surface area contributed by atoms with Gasteiger partial charge in [0.05, 0.1) is 6.04 Å². The standard InChI is InChI=1S/C20H21N/c1-17-9-11-18(12-10-17)13-14-20(21-15-5-6-16-21)19-7-3-2-4-8-19/h2-4,7-12,20H,5-6,15-16H2,1H3. The Hall–Kier alpha value is -2.04. The number of rotatable bonds is 2. The first-order valence-electron chi connectivity index (χ1n) is 7.70. The SMILES string of the molecule is Cc1ccc(C#CC(c2ccccc2)N2CCCC2)cc1. The van der Waals surface area contributed by atoms with Crippen LogP contribution >= 0.6 is 0 Å². The zero-order chi connectivity index (χ0) is 14.5. The molecule has 1 heterocycles. The van der Waals surface area contributed by atoms with E-state index in [9.17, 15) is 0 Å². The van der Waals surface area contributed by atoms with Crippen molar-refractivity contribution in [3.8, 4) is 11.8 Å². The van der Waals surface area contributed by atoms with E-state index in [4.69, 9.17) is 0 Å². The lowest BCUT2D eigenvalue weighted by Gasteiger charge is -2.23. The summed E-state index contributed by atoms with van der Waals surface area (Å²) in [5.41, 5.74) is 3.68. The molecule has 3 rings (SSSR count). The molecule has 0 aromatic heterocycles. The average molecular weight is 275 g/mol. The van der Waals surface area contributed by atoms with Gasteiger partial charge in [0.15, 0.2) is 0 Å². The van der Waals surface area contributed by atoms with Crippen LogP contribution < -0.4 is 0 Å². The molecule has 2 aromatic rings. The molecule has 21 heavy (non-hydrogen) atoms. The molecule has 1 atom stereocenters. The van der Waals surface area contributed by atoms with Crippen LogP contribution in [0.25, 0.3) is 0 Å². The van der Waals surface area contributed by atoms with Crippen LogP contribution in [0.1, 0.15) is 35.6 Å². The summed E-state index contributed by atoms with van der Waals surface area (Å²) in [6.07, 6.45) is 2.57. The monoisotopic (exact) mass is 275 g/mol. The summed E-state index contributed by atoms with van der Waals surface area (Å²) < 4.78 is 0. The van der Waals surface area contributed by atoms with E-state index >= 15 is 0 Å². The van der Waals surface area contributed by atoms with Gasteiger partial charge in [-0.3, -0.25) is 4.90 Å². The van der Waals surface area contributed by atoms with Gasteiger partial charge in [0, 0.05) is 5.56 Å². The summed E-state index contributed by atoms with van der Waals surface area (Å²) in [7, 11) is 0. The molecule has 0 saturated carbocycles. The Morgan fingerprint density at radius 3 is 2.24 bits per heavy atom. The van der Waals surface area contributed by atoms with Crippen molar-refractivity contribution >= 4 is 0 Å². The van der Waals surface area contributed by atoms with Crippen LogP contribution in [-0.4, -0.2) is 18.0 Å². The Morgan fingerprint density at radius 1 is 0.905 bits per heavy atom. The smallest absolute Gasteiger partial charge is 0.0974 e. The van der Waals surface area contributed by atoms with Crippen molar-refractivity contribution in [1.82, 2.24) is 4.90 Å². The maximum absolute atomic E-state index is 3.49. The van der Waals surface area contributed by atoms with Crippen molar-refractivity contribution in [1.29, 1.82) is 0 Å². The van der Waals surface area contributed by atoms with Crippen molar-refractivity contribution in [2.24, 2.45) is 0 Å². The second-order valence-electron chi connectivity index (χ2n) is 5.69. The highest BCUT2D eigenvalue weighted by Gasteiger charge is 2.21. The highest BCUT2D eigenvalue weighted by atomic mass is 15.2. The Labute approximate surface area is 127 Å². The third-order valence-electron chi connectivity index (χ3n) is 4.03. The largest absolute Gasteiger partial charge is 0.286 e. The van der Waals surface area contributed by atoms with Crippen molar-refractivity contribution in [3.05, 3.63) is 71.3 Å². The fraction of sp³-hybridized carbons (Fsp3) is 0.300. The molecule has 2 aromatic carbocycles. The Bertz CT molecular complexity index is 625. The van der Waals surface area contributed by atoms with Gasteiger partial charge in [-0.15, -0.1) is 0 Å². The quantitative estimate of drug-likeness (QED) is 0.743. The highest BCUT2D eigenvalue weighted by molar-refractivity contribution is 5.39. The third kappa shape index (κ3) is 3.54. The van der Waals surface area contributed by atoms with Gasteiger partial charge in [-0.1, -0.05) is 59.9 Å². The van der Waals surface area contributed by atoms with Gasteiger partial charge < -0.3 is 0 Å². The minimum atomic E-state index is 0.218. The number of benzene rings is 2. The van der Waals surface area contributed by atoms with Crippen LogP contribution in [0.3, 0.4) is 0 Å². The maximum Gasteiger partial charge on any atom is 0.0974 e. The van der Waals surface area contributed by atoms with Crippen LogP contribution in [0, 0.1) is 18.8 Å². The first kappa shape index (κ1) is 13.9. The lowest BCUT2D eigenvalue weighted by Crippen LogP contribution is -2.24. The average Bonchev–Trinajstić information content (AvgIpc) is 3.05. The van der Waals surface area contributed by atoms with E-state index in [0.29, 0.717) is 0 Å². The summed E-state index contributed by atoms with van der Waals surface area (Å²) in [6, 6.07) is 19.3. The summed E-state index contributed by atoms with van der Waals surface area (Å²) in [5.74, 6) is 6.85. The lowest BCUT2D eigenvalue weighted by molar-refractivity contribution is 0.296. The molecular formula is C20H21N. The maximum atomic E-state index is 3.49. The highest BCUT2D eigenvalue weighted by Crippen LogP contribution is 2.24. The van der Waals surface area contributed by atoms with Gasteiger partial charge in [-0.05, 0) is 50.6 Å². The van der Waals surface area contributed by atoms with Gasteiger partial charge >= 0.3 is 0 Å². The van der Waals surface area contributed by atoms with Crippen molar-refractivity contribution < 1.29 is 0 Å². The Morgan fingerprint density at radius 2 is 1.57 bits per heavy atom. The molecule has 1 unspecified atom stereocenters. The molecule has 1 saturated heterocycles. The van der Waals surface area contributed by atoms with E-state index in [1.807, 2.05) is 0 Å². The van der Waals surface area contributed by atoms with E-state index in [1.165, 1.54) is 24.0 Å². The van der Waals surface area contributed by atoms with Crippen LogP contribution in [0.2, 0.25) is 0 Å². The van der Waals surface area contributed by atoms with Crippen LogP contribution in [-0.2, 0) is 0 Å². The minimum Gasteiger partial charge on any atom is -0.286 e. The predicted octanol–water partition coefficient (Wildman–Crippen LogP) is 4.18. The van der Waals surface area contributed by atoms with Crippen molar-refractivity contribution in [2.45, 2.75) is 25.8 Å². The van der Waals surface area contributed by atoms with Crippen LogP contribution in [0.4, 0.5) is 0 Å². The number of hydrogen-bond acceptors (Lipinski definition) is 1. The molecule has 1 nitrogen and oxygen atoms in total. The van der Waals surface area contributed by atoms with Crippen molar-refractivity contribution in [3.63, 3.8) is 0 Å². The summed E-state index contributed by atoms with van der Waals surface area (Å²) >= 11 is 0. The Kier molecular flexibility index (Phi) is 4.38. The topological polar surface area (TPSA) is 3.24 Å². The second-order valence-corrected chi connectivity index (χ2v) is 5.69. The van der Waals surface area contributed by atoms with Gasteiger partial charge in [0.25, 0.3) is 0 Å². The van der Waals surface area contributed by atoms with Crippen molar-refractivity contribution in [2.75, 3.05) is 13.1 Å². The second kappa shape index (κ2) is 6.61.